The lowest BCUT2D eigenvalue weighted by atomic mass is 10.0. The predicted octanol–water partition coefficient (Wildman–Crippen LogP) is 2.00. The Morgan fingerprint density at radius 2 is 2.00 bits per heavy atom. The summed E-state index contributed by atoms with van der Waals surface area (Å²) in [4.78, 5) is 15.0. The molecule has 1 spiro atoms. The first-order valence-corrected chi connectivity index (χ1v) is 7.11. The van der Waals surface area contributed by atoms with E-state index in [1.807, 2.05) is 4.90 Å². The molecule has 0 unspecified atom stereocenters. The van der Waals surface area contributed by atoms with E-state index >= 15 is 0 Å². The molecule has 2 aliphatic heterocycles. The Kier molecular flexibility index (Phi) is 3.68. The topological polar surface area (TPSA) is 42.0 Å². The summed E-state index contributed by atoms with van der Waals surface area (Å²) >= 11 is 0. The fourth-order valence-corrected chi connectivity index (χ4v) is 3.14. The molecule has 2 fully saturated rings. The molecule has 0 aliphatic carbocycles. The van der Waals surface area contributed by atoms with Gasteiger partial charge in [-0.1, -0.05) is 0 Å². The average molecular weight is 312 g/mol. The second-order valence-electron chi connectivity index (χ2n) is 5.94. The van der Waals surface area contributed by atoms with E-state index in [1.165, 1.54) is 24.1 Å². The van der Waals surface area contributed by atoms with E-state index in [1.54, 1.807) is 7.05 Å². The van der Waals surface area contributed by atoms with Gasteiger partial charge in [0.25, 0.3) is 0 Å². The zero-order valence-electron chi connectivity index (χ0n) is 12.6. The molecule has 7 heteroatoms. The number of methoxy groups -OCH3 is 1. The van der Waals surface area contributed by atoms with Crippen LogP contribution >= 0.6 is 0 Å². The third-order valence-corrected chi connectivity index (χ3v) is 4.27. The highest BCUT2D eigenvalue weighted by Gasteiger charge is 2.48. The van der Waals surface area contributed by atoms with Crippen LogP contribution in [0.3, 0.4) is 0 Å². The number of amides is 1. The van der Waals surface area contributed by atoms with Crippen LogP contribution in [-0.2, 0) is 11.3 Å². The molecular formula is C15H18F2N2O3. The van der Waals surface area contributed by atoms with E-state index in [9.17, 15) is 13.6 Å². The Balaban J connectivity index is 1.72. The highest BCUT2D eigenvalue weighted by atomic mass is 19.1. The Bertz CT molecular complexity index is 587. The summed E-state index contributed by atoms with van der Waals surface area (Å²) in [5.41, 5.74) is -0.541. The van der Waals surface area contributed by atoms with E-state index in [-0.39, 0.29) is 24.0 Å². The molecule has 3 rings (SSSR count). The number of likely N-dealkylation sites (N-methyl/N-ethyl adjacent to an activating group) is 1. The van der Waals surface area contributed by atoms with Crippen LogP contribution in [0.5, 0.6) is 5.75 Å². The quantitative estimate of drug-likeness (QED) is 0.856. The molecule has 1 amide bonds. The number of hydrogen-bond donors (Lipinski definition) is 0. The van der Waals surface area contributed by atoms with Crippen molar-refractivity contribution in [3.63, 3.8) is 0 Å². The zero-order valence-corrected chi connectivity index (χ0v) is 12.6. The first kappa shape index (κ1) is 15.0. The molecule has 22 heavy (non-hydrogen) atoms. The molecule has 2 aliphatic rings. The lowest BCUT2D eigenvalue weighted by Gasteiger charge is -2.22. The normalized spacial score (nSPS) is 25.1. The first-order chi connectivity index (χ1) is 10.4. The lowest BCUT2D eigenvalue weighted by molar-refractivity contribution is 0.0625. The molecular weight excluding hydrogens is 294 g/mol. The standard InChI is InChI=1S/C15H18F2N2O3/c1-18-8-15(22-14(18)20)3-4-19(9-15)7-11-12(16)5-10(21-2)6-13(11)17/h5-6H,3-4,7-9H2,1-2H3/t15-/m0/s1. The Labute approximate surface area is 127 Å². The highest BCUT2D eigenvalue weighted by molar-refractivity contribution is 5.70. The second kappa shape index (κ2) is 5.39. The van der Waals surface area contributed by atoms with Crippen LogP contribution < -0.4 is 4.74 Å². The van der Waals surface area contributed by atoms with Crippen molar-refractivity contribution in [2.75, 3.05) is 33.8 Å². The van der Waals surface area contributed by atoms with Crippen LogP contribution in [0, 0.1) is 11.6 Å². The predicted molar refractivity (Wildman–Crippen MR) is 74.6 cm³/mol. The van der Waals surface area contributed by atoms with E-state index in [4.69, 9.17) is 9.47 Å². The molecule has 1 aromatic carbocycles. The lowest BCUT2D eigenvalue weighted by Crippen LogP contribution is -2.37. The summed E-state index contributed by atoms with van der Waals surface area (Å²) < 4.78 is 38.3. The van der Waals surface area contributed by atoms with Crippen LogP contribution in [-0.4, -0.2) is 55.3 Å². The van der Waals surface area contributed by atoms with Gasteiger partial charge < -0.3 is 14.4 Å². The van der Waals surface area contributed by atoms with E-state index in [2.05, 4.69) is 0 Å². The van der Waals surface area contributed by atoms with Gasteiger partial charge in [0, 0.05) is 50.8 Å². The number of carbonyl (C=O) groups excluding carboxylic acids is 1. The monoisotopic (exact) mass is 312 g/mol. The van der Waals surface area contributed by atoms with E-state index in [0.29, 0.717) is 26.1 Å². The maximum Gasteiger partial charge on any atom is 0.410 e. The van der Waals surface area contributed by atoms with Crippen molar-refractivity contribution in [3.05, 3.63) is 29.3 Å². The Morgan fingerprint density at radius 1 is 1.32 bits per heavy atom. The van der Waals surface area contributed by atoms with Crippen molar-refractivity contribution in [1.29, 1.82) is 0 Å². The summed E-state index contributed by atoms with van der Waals surface area (Å²) in [6.07, 6.45) is 0.325. The Hall–Kier alpha value is -1.89. The molecule has 0 N–H and O–H groups in total. The summed E-state index contributed by atoms with van der Waals surface area (Å²) in [5.74, 6) is -1.10. The summed E-state index contributed by atoms with van der Waals surface area (Å²) in [6.45, 7) is 1.76. The molecule has 0 bridgehead atoms. The molecule has 5 nitrogen and oxygen atoms in total. The van der Waals surface area contributed by atoms with Gasteiger partial charge in [-0.3, -0.25) is 4.90 Å². The van der Waals surface area contributed by atoms with Gasteiger partial charge in [-0.2, -0.15) is 0 Å². The van der Waals surface area contributed by atoms with Gasteiger partial charge in [0.2, 0.25) is 0 Å². The molecule has 0 saturated carbocycles. The zero-order chi connectivity index (χ0) is 15.9. The van der Waals surface area contributed by atoms with Crippen molar-refractivity contribution in [3.8, 4) is 5.75 Å². The molecule has 120 valence electrons. The number of nitrogens with zero attached hydrogens (tertiary/aromatic N) is 2. The fraction of sp³-hybridized carbons (Fsp3) is 0.533. The third-order valence-electron chi connectivity index (χ3n) is 4.27. The van der Waals surface area contributed by atoms with Gasteiger partial charge in [-0.05, 0) is 0 Å². The third kappa shape index (κ3) is 2.61. The molecule has 1 atom stereocenters. The number of carbonyl (C=O) groups is 1. The van der Waals surface area contributed by atoms with Crippen molar-refractivity contribution in [2.45, 2.75) is 18.6 Å². The van der Waals surface area contributed by atoms with Gasteiger partial charge >= 0.3 is 6.09 Å². The minimum absolute atomic E-state index is 0.00975. The minimum atomic E-state index is -0.627. The minimum Gasteiger partial charge on any atom is -0.497 e. The van der Waals surface area contributed by atoms with Crippen molar-refractivity contribution < 1.29 is 23.0 Å². The van der Waals surface area contributed by atoms with Crippen molar-refractivity contribution in [2.24, 2.45) is 0 Å². The largest absolute Gasteiger partial charge is 0.497 e. The van der Waals surface area contributed by atoms with Crippen LogP contribution in [0.4, 0.5) is 13.6 Å². The first-order valence-electron chi connectivity index (χ1n) is 7.11. The van der Waals surface area contributed by atoms with Crippen LogP contribution in [0.1, 0.15) is 12.0 Å². The average Bonchev–Trinajstić information content (AvgIpc) is 2.97. The molecule has 0 radical (unpaired) electrons. The second-order valence-corrected chi connectivity index (χ2v) is 5.94. The summed E-state index contributed by atoms with van der Waals surface area (Å²) in [5, 5.41) is 0. The summed E-state index contributed by atoms with van der Waals surface area (Å²) in [6, 6.07) is 2.35. The molecule has 1 aromatic rings. The summed E-state index contributed by atoms with van der Waals surface area (Å²) in [7, 11) is 3.05. The van der Waals surface area contributed by atoms with Gasteiger partial charge in [0.15, 0.2) is 0 Å². The Morgan fingerprint density at radius 3 is 2.55 bits per heavy atom. The molecule has 2 heterocycles. The number of likely N-dealkylation sites (tertiary alicyclic amines) is 1. The maximum atomic E-state index is 14.0. The number of ether oxygens (including phenoxy) is 2. The van der Waals surface area contributed by atoms with Gasteiger partial charge in [0.05, 0.1) is 13.7 Å². The van der Waals surface area contributed by atoms with Crippen LogP contribution in [0.25, 0.3) is 0 Å². The van der Waals surface area contributed by atoms with Crippen LogP contribution in [0.15, 0.2) is 12.1 Å². The van der Waals surface area contributed by atoms with E-state index in [0.717, 1.165) is 0 Å². The van der Waals surface area contributed by atoms with Gasteiger partial charge in [0.1, 0.15) is 23.0 Å². The molecule has 0 aromatic heterocycles. The van der Waals surface area contributed by atoms with Crippen molar-refractivity contribution >= 4 is 6.09 Å². The van der Waals surface area contributed by atoms with Gasteiger partial charge in [-0.25, -0.2) is 13.6 Å². The number of halogens is 2. The molecule has 2 saturated heterocycles. The van der Waals surface area contributed by atoms with E-state index < -0.39 is 17.2 Å². The smallest absolute Gasteiger partial charge is 0.410 e. The number of hydrogen-bond acceptors (Lipinski definition) is 4. The van der Waals surface area contributed by atoms with Crippen molar-refractivity contribution in [1.82, 2.24) is 9.80 Å². The maximum absolute atomic E-state index is 14.0. The SMILES string of the molecule is COc1cc(F)c(CN2CC[C@@]3(C2)CN(C)C(=O)O3)c(F)c1. The highest BCUT2D eigenvalue weighted by Crippen LogP contribution is 2.33. The number of rotatable bonds is 3. The number of benzene rings is 1. The van der Waals surface area contributed by atoms with Crippen LogP contribution in [0.2, 0.25) is 0 Å². The van der Waals surface area contributed by atoms with Gasteiger partial charge in [-0.15, -0.1) is 0 Å². The fourth-order valence-electron chi connectivity index (χ4n) is 3.14.